The lowest BCUT2D eigenvalue weighted by atomic mass is 10.1. The number of fused-ring (bicyclic) bond motifs is 1. The fraction of sp³-hybridized carbons (Fsp3) is 0.259. The van der Waals surface area contributed by atoms with Crippen LogP contribution in [0.1, 0.15) is 22.5 Å². The van der Waals surface area contributed by atoms with Gasteiger partial charge in [-0.2, -0.15) is 0 Å². The standard InChI is InChI=1S/C27H29N3O3/c1-18-9-10-21(17-28-14-13-20-11-12-25(32-3)26(16-20)33-4)15-24(18)30-19(2)29-23-8-6-5-7-22(23)27(30)31/h5-12,15-16,28H,13-14,17H2,1-4H3. The van der Waals surface area contributed by atoms with Gasteiger partial charge in [0.25, 0.3) is 5.56 Å². The van der Waals surface area contributed by atoms with Crippen LogP contribution in [0.3, 0.4) is 0 Å². The van der Waals surface area contributed by atoms with Gasteiger partial charge in [0.05, 0.1) is 30.8 Å². The van der Waals surface area contributed by atoms with Crippen molar-refractivity contribution < 1.29 is 9.47 Å². The van der Waals surface area contributed by atoms with Crippen molar-refractivity contribution in [2.45, 2.75) is 26.8 Å². The lowest BCUT2D eigenvalue weighted by Crippen LogP contribution is -2.23. The number of aromatic nitrogens is 2. The Balaban J connectivity index is 1.50. The minimum atomic E-state index is -0.0419. The van der Waals surface area contributed by atoms with Gasteiger partial charge in [0, 0.05) is 6.54 Å². The van der Waals surface area contributed by atoms with E-state index < -0.39 is 0 Å². The van der Waals surface area contributed by atoms with Crippen LogP contribution in [0.2, 0.25) is 0 Å². The summed E-state index contributed by atoms with van der Waals surface area (Å²) in [6.07, 6.45) is 0.867. The third kappa shape index (κ3) is 4.76. The Morgan fingerprint density at radius 2 is 1.67 bits per heavy atom. The van der Waals surface area contributed by atoms with Gasteiger partial charge in [-0.05, 0) is 73.8 Å². The summed E-state index contributed by atoms with van der Waals surface area (Å²) in [5.41, 5.74) is 4.87. The Morgan fingerprint density at radius 1 is 0.909 bits per heavy atom. The molecule has 1 heterocycles. The number of nitrogens with zero attached hydrogens (tertiary/aromatic N) is 2. The summed E-state index contributed by atoms with van der Waals surface area (Å²) >= 11 is 0. The molecule has 6 nitrogen and oxygen atoms in total. The molecule has 1 N–H and O–H groups in total. The minimum absolute atomic E-state index is 0.0419. The van der Waals surface area contributed by atoms with E-state index in [9.17, 15) is 4.79 Å². The molecule has 0 amide bonds. The summed E-state index contributed by atoms with van der Waals surface area (Å²) in [6, 6.07) is 19.7. The molecule has 0 aliphatic carbocycles. The van der Waals surface area contributed by atoms with Crippen LogP contribution in [0.15, 0.2) is 65.5 Å². The molecule has 4 aromatic rings. The minimum Gasteiger partial charge on any atom is -0.493 e. The molecule has 0 saturated carbocycles. The van der Waals surface area contributed by atoms with Crippen LogP contribution >= 0.6 is 0 Å². The smallest absolute Gasteiger partial charge is 0.265 e. The van der Waals surface area contributed by atoms with Crippen LogP contribution in [0.4, 0.5) is 0 Å². The summed E-state index contributed by atoms with van der Waals surface area (Å²) in [5.74, 6) is 2.15. The van der Waals surface area contributed by atoms with Crippen molar-refractivity contribution in [1.29, 1.82) is 0 Å². The molecular weight excluding hydrogens is 414 g/mol. The normalized spacial score (nSPS) is 11.0. The van der Waals surface area contributed by atoms with Crippen LogP contribution in [0.5, 0.6) is 11.5 Å². The summed E-state index contributed by atoms with van der Waals surface area (Å²) in [5, 5.41) is 4.12. The summed E-state index contributed by atoms with van der Waals surface area (Å²) in [7, 11) is 3.28. The highest BCUT2D eigenvalue weighted by Gasteiger charge is 2.12. The molecule has 0 atom stereocenters. The Hall–Kier alpha value is -3.64. The average Bonchev–Trinajstić information content (AvgIpc) is 2.83. The monoisotopic (exact) mass is 443 g/mol. The van der Waals surface area contributed by atoms with Crippen molar-refractivity contribution in [1.82, 2.24) is 14.9 Å². The van der Waals surface area contributed by atoms with Gasteiger partial charge in [-0.25, -0.2) is 4.98 Å². The second-order valence-corrected chi connectivity index (χ2v) is 8.05. The molecule has 0 spiro atoms. The van der Waals surface area contributed by atoms with Gasteiger partial charge in [0.15, 0.2) is 11.5 Å². The molecule has 0 aliphatic heterocycles. The Labute approximate surface area is 193 Å². The van der Waals surface area contributed by atoms with E-state index in [0.29, 0.717) is 17.8 Å². The van der Waals surface area contributed by atoms with E-state index in [4.69, 9.17) is 9.47 Å². The lowest BCUT2D eigenvalue weighted by molar-refractivity contribution is 0.354. The van der Waals surface area contributed by atoms with Crippen LogP contribution in [-0.2, 0) is 13.0 Å². The zero-order valence-corrected chi connectivity index (χ0v) is 19.5. The first-order valence-corrected chi connectivity index (χ1v) is 11.0. The number of methoxy groups -OCH3 is 2. The zero-order valence-electron chi connectivity index (χ0n) is 19.5. The van der Waals surface area contributed by atoms with E-state index in [0.717, 1.165) is 46.8 Å². The Bertz CT molecular complexity index is 1340. The number of hydrogen-bond acceptors (Lipinski definition) is 5. The second-order valence-electron chi connectivity index (χ2n) is 8.05. The number of nitrogens with one attached hydrogen (secondary N) is 1. The fourth-order valence-corrected chi connectivity index (χ4v) is 4.03. The highest BCUT2D eigenvalue weighted by molar-refractivity contribution is 5.77. The van der Waals surface area contributed by atoms with Gasteiger partial charge in [0.2, 0.25) is 0 Å². The van der Waals surface area contributed by atoms with Crippen LogP contribution in [0, 0.1) is 13.8 Å². The predicted octanol–water partition coefficient (Wildman–Crippen LogP) is 4.35. The first-order valence-electron chi connectivity index (χ1n) is 11.0. The molecule has 170 valence electrons. The van der Waals surface area contributed by atoms with Crippen LogP contribution < -0.4 is 20.3 Å². The van der Waals surface area contributed by atoms with Crippen molar-refractivity contribution in [3.05, 3.63) is 93.5 Å². The maximum Gasteiger partial charge on any atom is 0.265 e. The first-order chi connectivity index (χ1) is 16.0. The van der Waals surface area contributed by atoms with E-state index in [-0.39, 0.29) is 5.56 Å². The Morgan fingerprint density at radius 3 is 2.45 bits per heavy atom. The number of rotatable bonds is 8. The molecular formula is C27H29N3O3. The summed E-state index contributed by atoms with van der Waals surface area (Å²) in [4.78, 5) is 17.9. The molecule has 4 rings (SSSR count). The van der Waals surface area contributed by atoms with Crippen molar-refractivity contribution in [3.63, 3.8) is 0 Å². The predicted molar refractivity (Wildman–Crippen MR) is 132 cm³/mol. The van der Waals surface area contributed by atoms with E-state index in [1.54, 1.807) is 18.8 Å². The van der Waals surface area contributed by atoms with Gasteiger partial charge in [0.1, 0.15) is 5.82 Å². The van der Waals surface area contributed by atoms with E-state index in [2.05, 4.69) is 34.6 Å². The van der Waals surface area contributed by atoms with Crippen molar-refractivity contribution in [2.24, 2.45) is 0 Å². The van der Waals surface area contributed by atoms with E-state index in [1.165, 1.54) is 5.56 Å². The van der Waals surface area contributed by atoms with Crippen LogP contribution in [0.25, 0.3) is 16.6 Å². The molecule has 1 aromatic heterocycles. The third-order valence-electron chi connectivity index (χ3n) is 5.83. The highest BCUT2D eigenvalue weighted by Crippen LogP contribution is 2.27. The molecule has 0 radical (unpaired) electrons. The number of para-hydroxylation sites is 1. The average molecular weight is 444 g/mol. The topological polar surface area (TPSA) is 65.4 Å². The van der Waals surface area contributed by atoms with E-state index in [1.807, 2.05) is 50.2 Å². The maximum atomic E-state index is 13.2. The molecule has 0 fully saturated rings. The van der Waals surface area contributed by atoms with Crippen LogP contribution in [-0.4, -0.2) is 30.3 Å². The van der Waals surface area contributed by atoms with Crippen molar-refractivity contribution in [3.8, 4) is 17.2 Å². The summed E-state index contributed by atoms with van der Waals surface area (Å²) < 4.78 is 12.4. The first kappa shape index (κ1) is 22.6. The maximum absolute atomic E-state index is 13.2. The fourth-order valence-electron chi connectivity index (χ4n) is 4.03. The number of aryl methyl sites for hydroxylation is 2. The molecule has 0 bridgehead atoms. The zero-order chi connectivity index (χ0) is 23.4. The number of benzene rings is 3. The highest BCUT2D eigenvalue weighted by atomic mass is 16.5. The van der Waals surface area contributed by atoms with Crippen molar-refractivity contribution >= 4 is 10.9 Å². The quantitative estimate of drug-likeness (QED) is 0.410. The summed E-state index contributed by atoms with van der Waals surface area (Å²) in [6.45, 7) is 5.41. The molecule has 6 heteroatoms. The van der Waals surface area contributed by atoms with Gasteiger partial charge in [-0.3, -0.25) is 9.36 Å². The molecule has 0 saturated heterocycles. The molecule has 0 aliphatic rings. The van der Waals surface area contributed by atoms with E-state index >= 15 is 0 Å². The van der Waals surface area contributed by atoms with Gasteiger partial charge in [-0.15, -0.1) is 0 Å². The molecule has 3 aromatic carbocycles. The largest absolute Gasteiger partial charge is 0.493 e. The SMILES string of the molecule is COc1ccc(CCNCc2ccc(C)c(-n3c(C)nc4ccccc4c3=O)c2)cc1OC. The van der Waals surface area contributed by atoms with Crippen molar-refractivity contribution in [2.75, 3.05) is 20.8 Å². The number of hydrogen-bond donors (Lipinski definition) is 1. The third-order valence-corrected chi connectivity index (χ3v) is 5.83. The lowest BCUT2D eigenvalue weighted by Gasteiger charge is -2.15. The second kappa shape index (κ2) is 9.88. The molecule has 0 unspecified atom stereocenters. The Kier molecular flexibility index (Phi) is 6.75. The molecule has 33 heavy (non-hydrogen) atoms. The van der Waals surface area contributed by atoms with Gasteiger partial charge >= 0.3 is 0 Å². The number of ether oxygens (including phenoxy) is 2. The van der Waals surface area contributed by atoms with Gasteiger partial charge in [-0.1, -0.05) is 30.3 Å². The van der Waals surface area contributed by atoms with Gasteiger partial charge < -0.3 is 14.8 Å².